The minimum absolute atomic E-state index is 0.221. The summed E-state index contributed by atoms with van der Waals surface area (Å²) in [7, 11) is 0. The molecule has 2 aromatic rings. The fourth-order valence-corrected chi connectivity index (χ4v) is 3.36. The van der Waals surface area contributed by atoms with Crippen LogP contribution in [0.4, 0.5) is 11.4 Å². The maximum absolute atomic E-state index is 6.01. The Morgan fingerprint density at radius 3 is 2.67 bits per heavy atom. The third-order valence-electron chi connectivity index (χ3n) is 2.72. The van der Waals surface area contributed by atoms with Crippen molar-refractivity contribution < 1.29 is 0 Å². The molecule has 1 atom stereocenters. The van der Waals surface area contributed by atoms with Crippen molar-refractivity contribution in [2.75, 3.05) is 11.1 Å². The molecule has 0 spiro atoms. The number of nitrogens with two attached hydrogens (primary N) is 1. The number of rotatable bonds is 3. The minimum atomic E-state index is 0.221. The molecule has 0 aliphatic rings. The lowest BCUT2D eigenvalue weighted by Gasteiger charge is -2.16. The van der Waals surface area contributed by atoms with E-state index in [2.05, 4.69) is 45.9 Å². The van der Waals surface area contributed by atoms with Gasteiger partial charge in [-0.25, -0.2) is 4.98 Å². The molecule has 5 heteroatoms. The second-order valence-corrected chi connectivity index (χ2v) is 6.76. The fourth-order valence-electron chi connectivity index (χ4n) is 1.91. The summed E-state index contributed by atoms with van der Waals surface area (Å²) in [4.78, 5) is 5.73. The number of thiazole rings is 1. The highest BCUT2D eigenvalue weighted by molar-refractivity contribution is 14.1. The van der Waals surface area contributed by atoms with Crippen molar-refractivity contribution in [2.24, 2.45) is 0 Å². The number of aryl methyl sites for hydroxylation is 2. The van der Waals surface area contributed by atoms with E-state index >= 15 is 0 Å². The zero-order valence-electron chi connectivity index (χ0n) is 10.6. The summed E-state index contributed by atoms with van der Waals surface area (Å²) in [5, 5.41) is 4.55. The van der Waals surface area contributed by atoms with E-state index in [1.807, 2.05) is 26.0 Å². The lowest BCUT2D eigenvalue weighted by molar-refractivity contribution is 0.890. The van der Waals surface area contributed by atoms with Crippen LogP contribution in [0.15, 0.2) is 18.2 Å². The molecule has 0 saturated heterocycles. The summed E-state index contributed by atoms with van der Waals surface area (Å²) in [6, 6.07) is 6.27. The maximum Gasteiger partial charge on any atom is 0.0900 e. The van der Waals surface area contributed by atoms with E-state index in [0.717, 1.165) is 25.6 Å². The molecule has 0 fully saturated rings. The third kappa shape index (κ3) is 2.95. The molecule has 1 aromatic carbocycles. The van der Waals surface area contributed by atoms with Gasteiger partial charge in [0.2, 0.25) is 0 Å². The van der Waals surface area contributed by atoms with Crippen LogP contribution in [0.25, 0.3) is 0 Å². The molecule has 0 radical (unpaired) electrons. The SMILES string of the molecule is Cc1nc(C)c(C(C)Nc2ccc(I)cc2N)s1. The van der Waals surface area contributed by atoms with Gasteiger partial charge in [0, 0.05) is 8.45 Å². The largest absolute Gasteiger partial charge is 0.397 e. The summed E-state index contributed by atoms with van der Waals surface area (Å²) in [5.74, 6) is 0. The Labute approximate surface area is 125 Å². The maximum atomic E-state index is 6.01. The quantitative estimate of drug-likeness (QED) is 0.629. The molecular weight excluding hydrogens is 357 g/mol. The van der Waals surface area contributed by atoms with E-state index in [1.54, 1.807) is 11.3 Å². The van der Waals surface area contributed by atoms with Crippen molar-refractivity contribution in [3.63, 3.8) is 0 Å². The second-order valence-electron chi connectivity index (χ2n) is 4.28. The van der Waals surface area contributed by atoms with Gasteiger partial charge in [0.25, 0.3) is 0 Å². The van der Waals surface area contributed by atoms with E-state index in [1.165, 1.54) is 4.88 Å². The summed E-state index contributed by atoms with van der Waals surface area (Å²) in [6.07, 6.45) is 0. The molecule has 0 saturated carbocycles. The smallest absolute Gasteiger partial charge is 0.0900 e. The topological polar surface area (TPSA) is 50.9 Å². The molecule has 18 heavy (non-hydrogen) atoms. The van der Waals surface area contributed by atoms with Crippen LogP contribution in [0.2, 0.25) is 0 Å². The van der Waals surface area contributed by atoms with Crippen LogP contribution in [0.3, 0.4) is 0 Å². The van der Waals surface area contributed by atoms with Crippen molar-refractivity contribution in [2.45, 2.75) is 26.8 Å². The third-order valence-corrected chi connectivity index (χ3v) is 4.64. The first kappa shape index (κ1) is 13.6. The first-order chi connectivity index (χ1) is 8.47. The van der Waals surface area contributed by atoms with Gasteiger partial charge in [0.05, 0.1) is 28.1 Å². The van der Waals surface area contributed by atoms with Crippen LogP contribution < -0.4 is 11.1 Å². The van der Waals surface area contributed by atoms with Crippen LogP contribution in [0.1, 0.15) is 28.5 Å². The number of anilines is 2. The van der Waals surface area contributed by atoms with Crippen molar-refractivity contribution in [3.8, 4) is 0 Å². The van der Waals surface area contributed by atoms with Crippen LogP contribution in [-0.2, 0) is 0 Å². The molecule has 0 bridgehead atoms. The van der Waals surface area contributed by atoms with Crippen LogP contribution in [0.5, 0.6) is 0 Å². The molecule has 1 aromatic heterocycles. The van der Waals surface area contributed by atoms with E-state index in [9.17, 15) is 0 Å². The van der Waals surface area contributed by atoms with Crippen molar-refractivity contribution in [1.29, 1.82) is 0 Å². The van der Waals surface area contributed by atoms with Gasteiger partial charge in [-0.05, 0) is 61.6 Å². The molecule has 96 valence electrons. The predicted molar refractivity (Wildman–Crippen MR) is 87.2 cm³/mol. The molecule has 3 N–H and O–H groups in total. The molecule has 1 unspecified atom stereocenters. The Hall–Kier alpha value is -0.820. The molecule has 0 aliphatic carbocycles. The Morgan fingerprint density at radius 2 is 2.11 bits per heavy atom. The van der Waals surface area contributed by atoms with Gasteiger partial charge in [-0.15, -0.1) is 11.3 Å². The Kier molecular flexibility index (Phi) is 4.11. The van der Waals surface area contributed by atoms with Crippen LogP contribution >= 0.6 is 33.9 Å². The summed E-state index contributed by atoms with van der Waals surface area (Å²) in [5.41, 5.74) is 8.88. The van der Waals surface area contributed by atoms with E-state index in [0.29, 0.717) is 0 Å². The normalized spacial score (nSPS) is 12.4. The number of nitrogens with zero attached hydrogens (tertiary/aromatic N) is 1. The Bertz CT molecular complexity index is 565. The first-order valence-corrected chi connectivity index (χ1v) is 7.62. The average Bonchev–Trinajstić information content (AvgIpc) is 2.62. The van der Waals surface area contributed by atoms with Crippen LogP contribution in [-0.4, -0.2) is 4.98 Å². The lowest BCUT2D eigenvalue weighted by Crippen LogP contribution is -2.08. The highest BCUT2D eigenvalue weighted by atomic mass is 127. The average molecular weight is 373 g/mol. The monoisotopic (exact) mass is 373 g/mol. The summed E-state index contributed by atoms with van der Waals surface area (Å²) >= 11 is 4.00. The number of hydrogen-bond acceptors (Lipinski definition) is 4. The standard InChI is InChI=1S/C13H16IN3S/c1-7-13(18-9(3)16-7)8(2)17-12-5-4-10(14)6-11(12)15/h4-6,8,17H,15H2,1-3H3. The second kappa shape index (κ2) is 5.44. The molecule has 3 nitrogen and oxygen atoms in total. The van der Waals surface area contributed by atoms with Gasteiger partial charge in [-0.2, -0.15) is 0 Å². The van der Waals surface area contributed by atoms with Crippen molar-refractivity contribution in [3.05, 3.63) is 37.3 Å². The molecule has 0 aliphatic heterocycles. The van der Waals surface area contributed by atoms with Gasteiger partial charge in [-0.1, -0.05) is 0 Å². The van der Waals surface area contributed by atoms with Gasteiger partial charge < -0.3 is 11.1 Å². The minimum Gasteiger partial charge on any atom is -0.397 e. The highest BCUT2D eigenvalue weighted by Gasteiger charge is 2.13. The number of aromatic nitrogens is 1. The van der Waals surface area contributed by atoms with Gasteiger partial charge in [-0.3, -0.25) is 0 Å². The zero-order valence-corrected chi connectivity index (χ0v) is 13.6. The number of benzene rings is 1. The van der Waals surface area contributed by atoms with Gasteiger partial charge in [0.1, 0.15) is 0 Å². The molecule has 1 heterocycles. The number of nitrogens with one attached hydrogen (secondary N) is 1. The fraction of sp³-hybridized carbons (Fsp3) is 0.308. The first-order valence-electron chi connectivity index (χ1n) is 5.73. The van der Waals surface area contributed by atoms with E-state index in [-0.39, 0.29) is 6.04 Å². The molecule has 0 amide bonds. The molecular formula is C13H16IN3S. The van der Waals surface area contributed by atoms with Crippen molar-refractivity contribution >= 4 is 45.3 Å². The van der Waals surface area contributed by atoms with E-state index in [4.69, 9.17) is 5.73 Å². The summed E-state index contributed by atoms with van der Waals surface area (Å²) in [6.45, 7) is 6.22. The predicted octanol–water partition coefficient (Wildman–Crippen LogP) is 4.12. The highest BCUT2D eigenvalue weighted by Crippen LogP contribution is 2.30. The number of hydrogen-bond donors (Lipinski definition) is 2. The van der Waals surface area contributed by atoms with Gasteiger partial charge in [0.15, 0.2) is 0 Å². The Balaban J connectivity index is 2.21. The molecule has 2 rings (SSSR count). The van der Waals surface area contributed by atoms with Crippen LogP contribution in [0, 0.1) is 17.4 Å². The number of halogens is 1. The van der Waals surface area contributed by atoms with Crippen molar-refractivity contribution in [1.82, 2.24) is 4.98 Å². The lowest BCUT2D eigenvalue weighted by atomic mass is 10.2. The van der Waals surface area contributed by atoms with Gasteiger partial charge >= 0.3 is 0 Å². The number of nitrogen functional groups attached to an aromatic ring is 1. The zero-order chi connectivity index (χ0) is 13.3. The summed E-state index contributed by atoms with van der Waals surface area (Å²) < 4.78 is 1.15. The Morgan fingerprint density at radius 1 is 1.39 bits per heavy atom. The van der Waals surface area contributed by atoms with E-state index < -0.39 is 0 Å².